The SMILES string of the molecule is CCOc1nc2ccccc2cc1C=C(F)B1OC(C)(C)C(C)(C)O1. The molecule has 0 bridgehead atoms. The summed E-state index contributed by atoms with van der Waals surface area (Å²) in [7, 11) is -1.04. The molecule has 6 heteroatoms. The van der Waals surface area contributed by atoms with Gasteiger partial charge in [0.05, 0.1) is 23.3 Å². The molecule has 0 radical (unpaired) electrons. The molecule has 2 aromatic rings. The lowest BCUT2D eigenvalue weighted by molar-refractivity contribution is 0.00578. The van der Waals surface area contributed by atoms with Crippen LogP contribution in [0.1, 0.15) is 40.2 Å². The molecule has 0 spiro atoms. The number of nitrogens with zero attached hydrogens (tertiary/aromatic N) is 1. The highest BCUT2D eigenvalue weighted by molar-refractivity contribution is 6.54. The number of halogens is 1. The number of hydrogen-bond donors (Lipinski definition) is 0. The van der Waals surface area contributed by atoms with Gasteiger partial charge in [-0.05, 0) is 52.8 Å². The number of fused-ring (bicyclic) bond motifs is 1. The molecule has 1 aromatic carbocycles. The fourth-order valence-electron chi connectivity index (χ4n) is 2.64. The summed E-state index contributed by atoms with van der Waals surface area (Å²) in [5.74, 6) is 0.396. The number of para-hydroxylation sites is 1. The van der Waals surface area contributed by atoms with Gasteiger partial charge in [0.25, 0.3) is 0 Å². The fourth-order valence-corrected chi connectivity index (χ4v) is 2.64. The van der Waals surface area contributed by atoms with Gasteiger partial charge >= 0.3 is 7.12 Å². The van der Waals surface area contributed by atoms with Crippen LogP contribution in [-0.4, -0.2) is 29.9 Å². The van der Waals surface area contributed by atoms with Crippen LogP contribution < -0.4 is 4.74 Å². The Morgan fingerprint density at radius 1 is 1.20 bits per heavy atom. The van der Waals surface area contributed by atoms with Crippen LogP contribution in [0, 0.1) is 0 Å². The average molecular weight is 343 g/mol. The number of rotatable bonds is 4. The van der Waals surface area contributed by atoms with E-state index < -0.39 is 24.0 Å². The van der Waals surface area contributed by atoms with Gasteiger partial charge in [-0.15, -0.1) is 0 Å². The van der Waals surface area contributed by atoms with Crippen LogP contribution in [0.4, 0.5) is 4.39 Å². The molecule has 25 heavy (non-hydrogen) atoms. The van der Waals surface area contributed by atoms with Gasteiger partial charge in [0.15, 0.2) is 0 Å². The number of aromatic nitrogens is 1. The number of benzene rings is 1. The highest BCUT2D eigenvalue weighted by atomic mass is 19.1. The molecule has 0 atom stereocenters. The van der Waals surface area contributed by atoms with Gasteiger partial charge in [-0.2, -0.15) is 0 Å². The molecule has 0 unspecified atom stereocenters. The molecule has 1 fully saturated rings. The first-order valence-corrected chi connectivity index (χ1v) is 8.49. The molecule has 0 aliphatic carbocycles. The normalized spacial score (nSPS) is 19.4. The van der Waals surface area contributed by atoms with Crippen LogP contribution in [0.25, 0.3) is 17.0 Å². The van der Waals surface area contributed by atoms with Gasteiger partial charge in [0.1, 0.15) is 5.73 Å². The van der Waals surface area contributed by atoms with Gasteiger partial charge in [-0.3, -0.25) is 0 Å². The lowest BCUT2D eigenvalue weighted by Crippen LogP contribution is -2.41. The first-order chi connectivity index (χ1) is 11.7. The molecule has 0 amide bonds. The zero-order valence-corrected chi connectivity index (χ0v) is 15.3. The van der Waals surface area contributed by atoms with Crippen LogP contribution in [0.15, 0.2) is 36.1 Å². The molecule has 4 nitrogen and oxygen atoms in total. The second kappa shape index (κ2) is 6.43. The number of ether oxygens (including phenoxy) is 1. The van der Waals surface area contributed by atoms with Crippen molar-refractivity contribution in [2.75, 3.05) is 6.61 Å². The standard InChI is InChI=1S/C19H23BFNO3/c1-6-23-17-14(11-13-9-7-8-10-15(13)22-17)12-16(21)20-24-18(2,3)19(4,5)25-20/h7-12H,6H2,1-5H3. The number of pyridine rings is 1. The molecule has 132 valence electrons. The van der Waals surface area contributed by atoms with Gasteiger partial charge < -0.3 is 14.0 Å². The summed E-state index contributed by atoms with van der Waals surface area (Å²) in [5, 5.41) is 0.916. The van der Waals surface area contributed by atoms with Crippen molar-refractivity contribution in [3.63, 3.8) is 0 Å². The first-order valence-electron chi connectivity index (χ1n) is 8.49. The maximum absolute atomic E-state index is 14.8. The maximum atomic E-state index is 14.8. The summed E-state index contributed by atoms with van der Waals surface area (Å²) < 4.78 is 31.9. The Kier molecular flexibility index (Phi) is 4.60. The minimum absolute atomic E-state index is 0.396. The first kappa shape index (κ1) is 17.9. The van der Waals surface area contributed by atoms with Gasteiger partial charge in [-0.25, -0.2) is 9.37 Å². The van der Waals surface area contributed by atoms with Crippen molar-refractivity contribution >= 4 is 24.1 Å². The second-order valence-corrected chi connectivity index (χ2v) is 7.13. The fraction of sp³-hybridized carbons (Fsp3) is 0.421. The Hall–Kier alpha value is -1.92. The van der Waals surface area contributed by atoms with Gasteiger partial charge in [0, 0.05) is 10.9 Å². The van der Waals surface area contributed by atoms with E-state index in [-0.39, 0.29) is 0 Å². The van der Waals surface area contributed by atoms with E-state index in [1.807, 2.05) is 65.0 Å². The van der Waals surface area contributed by atoms with Crippen molar-refractivity contribution in [1.82, 2.24) is 4.98 Å². The lowest BCUT2D eigenvalue weighted by atomic mass is 9.87. The van der Waals surface area contributed by atoms with E-state index in [1.165, 1.54) is 6.08 Å². The van der Waals surface area contributed by atoms with Crippen molar-refractivity contribution in [2.24, 2.45) is 0 Å². The minimum atomic E-state index is -1.04. The van der Waals surface area contributed by atoms with Crippen LogP contribution in [0.3, 0.4) is 0 Å². The molecule has 1 aliphatic rings. The van der Waals surface area contributed by atoms with E-state index in [9.17, 15) is 4.39 Å². The summed E-state index contributed by atoms with van der Waals surface area (Å²) in [6.07, 6.45) is 1.38. The molecule has 3 rings (SSSR count). The topological polar surface area (TPSA) is 40.6 Å². The summed E-state index contributed by atoms with van der Waals surface area (Å²) >= 11 is 0. The molecule has 1 aromatic heterocycles. The van der Waals surface area contributed by atoms with Crippen LogP contribution >= 0.6 is 0 Å². The third-order valence-electron chi connectivity index (χ3n) is 4.77. The molecular formula is C19H23BFNO3. The largest absolute Gasteiger partial charge is 0.525 e. The highest BCUT2D eigenvalue weighted by Gasteiger charge is 2.53. The second-order valence-electron chi connectivity index (χ2n) is 7.13. The zero-order valence-electron chi connectivity index (χ0n) is 15.3. The predicted octanol–water partition coefficient (Wildman–Crippen LogP) is 4.58. The summed E-state index contributed by atoms with van der Waals surface area (Å²) in [6.45, 7) is 9.89. The van der Waals surface area contributed by atoms with Crippen molar-refractivity contribution in [1.29, 1.82) is 0 Å². The average Bonchev–Trinajstić information content (AvgIpc) is 2.76. The van der Waals surface area contributed by atoms with Crippen LogP contribution in [0.5, 0.6) is 5.88 Å². The monoisotopic (exact) mass is 343 g/mol. The molecule has 2 heterocycles. The Labute approximate surface area is 148 Å². The van der Waals surface area contributed by atoms with Crippen molar-refractivity contribution in [3.05, 3.63) is 41.6 Å². The predicted molar refractivity (Wildman–Crippen MR) is 98.1 cm³/mol. The summed E-state index contributed by atoms with van der Waals surface area (Å²) in [6, 6.07) is 9.52. The lowest BCUT2D eigenvalue weighted by Gasteiger charge is -2.32. The molecule has 1 saturated heterocycles. The van der Waals surface area contributed by atoms with Crippen LogP contribution in [-0.2, 0) is 9.31 Å². The van der Waals surface area contributed by atoms with Gasteiger partial charge in [0.2, 0.25) is 5.88 Å². The van der Waals surface area contributed by atoms with E-state index in [4.69, 9.17) is 14.0 Å². The van der Waals surface area contributed by atoms with E-state index in [0.717, 1.165) is 10.9 Å². The third-order valence-corrected chi connectivity index (χ3v) is 4.77. The smallest absolute Gasteiger partial charge is 0.478 e. The minimum Gasteiger partial charge on any atom is -0.478 e. The van der Waals surface area contributed by atoms with Crippen molar-refractivity contribution in [3.8, 4) is 5.88 Å². The Morgan fingerprint density at radius 2 is 1.84 bits per heavy atom. The Bertz CT molecular complexity index is 803. The molecule has 1 aliphatic heterocycles. The zero-order chi connectivity index (χ0) is 18.2. The Morgan fingerprint density at radius 3 is 2.48 bits per heavy atom. The van der Waals surface area contributed by atoms with Crippen LogP contribution in [0.2, 0.25) is 0 Å². The quantitative estimate of drug-likeness (QED) is 0.762. The van der Waals surface area contributed by atoms with Crippen molar-refractivity contribution < 1.29 is 18.4 Å². The molecular weight excluding hydrogens is 320 g/mol. The van der Waals surface area contributed by atoms with E-state index in [1.54, 1.807) is 0 Å². The van der Waals surface area contributed by atoms with Crippen molar-refractivity contribution in [2.45, 2.75) is 45.8 Å². The van der Waals surface area contributed by atoms with E-state index >= 15 is 0 Å². The van der Waals surface area contributed by atoms with E-state index in [0.29, 0.717) is 18.1 Å². The third kappa shape index (κ3) is 3.41. The Balaban J connectivity index is 1.98. The molecule has 0 saturated carbocycles. The summed E-state index contributed by atoms with van der Waals surface area (Å²) in [4.78, 5) is 4.49. The maximum Gasteiger partial charge on any atom is 0.525 e. The summed E-state index contributed by atoms with van der Waals surface area (Å²) in [5.41, 5.74) is -0.316. The number of hydrogen-bond acceptors (Lipinski definition) is 4. The highest BCUT2D eigenvalue weighted by Crippen LogP contribution is 2.39. The van der Waals surface area contributed by atoms with Gasteiger partial charge in [-0.1, -0.05) is 18.2 Å². The molecule has 0 N–H and O–H groups in total. The van der Waals surface area contributed by atoms with E-state index in [2.05, 4.69) is 4.98 Å².